The van der Waals surface area contributed by atoms with Gasteiger partial charge in [-0.1, -0.05) is 12.2 Å². The quantitative estimate of drug-likeness (QED) is 0.849. The average molecular weight is 289 g/mol. The van der Waals surface area contributed by atoms with Gasteiger partial charge in [0.15, 0.2) is 0 Å². The molecule has 0 atom stereocenters. The molecule has 2 aromatic rings. The van der Waals surface area contributed by atoms with Gasteiger partial charge in [0.1, 0.15) is 10.8 Å². The molecular weight excluding hydrogens is 273 g/mol. The van der Waals surface area contributed by atoms with E-state index in [2.05, 4.69) is 10.3 Å². The number of halogens is 1. The minimum Gasteiger partial charge on any atom is -0.389 e. The first-order valence-corrected chi connectivity index (χ1v) is 6.60. The van der Waals surface area contributed by atoms with Crippen LogP contribution in [0.25, 0.3) is 0 Å². The predicted octanol–water partition coefficient (Wildman–Crippen LogP) is 3.52. The molecule has 0 bridgehead atoms. The van der Waals surface area contributed by atoms with E-state index in [1.807, 2.05) is 26.8 Å². The maximum absolute atomic E-state index is 13.1. The van der Waals surface area contributed by atoms with Crippen LogP contribution in [0.2, 0.25) is 0 Å². The summed E-state index contributed by atoms with van der Waals surface area (Å²) in [6.45, 7) is 5.61. The van der Waals surface area contributed by atoms with Crippen molar-refractivity contribution in [2.45, 2.75) is 20.8 Å². The number of hydrogen-bond donors (Lipinski definition) is 2. The van der Waals surface area contributed by atoms with Crippen molar-refractivity contribution in [3.8, 4) is 0 Å². The molecule has 0 aliphatic carbocycles. The molecule has 1 aromatic heterocycles. The van der Waals surface area contributed by atoms with E-state index < -0.39 is 0 Å². The van der Waals surface area contributed by atoms with Crippen molar-refractivity contribution in [3.05, 3.63) is 52.6 Å². The van der Waals surface area contributed by atoms with E-state index in [4.69, 9.17) is 18.0 Å². The van der Waals surface area contributed by atoms with Crippen LogP contribution in [0.4, 0.5) is 15.8 Å². The second-order valence-corrected chi connectivity index (χ2v) is 5.16. The van der Waals surface area contributed by atoms with Crippen molar-refractivity contribution in [2.75, 3.05) is 5.32 Å². The van der Waals surface area contributed by atoms with E-state index >= 15 is 0 Å². The number of hydrogen-bond acceptors (Lipinski definition) is 3. The van der Waals surface area contributed by atoms with Gasteiger partial charge in [0.05, 0.1) is 11.3 Å². The molecule has 0 aliphatic rings. The highest BCUT2D eigenvalue weighted by Crippen LogP contribution is 2.26. The maximum Gasteiger partial charge on any atom is 0.123 e. The van der Waals surface area contributed by atoms with E-state index in [1.165, 1.54) is 12.1 Å². The average Bonchev–Trinajstić information content (AvgIpc) is 2.31. The van der Waals surface area contributed by atoms with E-state index in [0.717, 1.165) is 28.3 Å². The Kier molecular flexibility index (Phi) is 3.99. The third kappa shape index (κ3) is 2.93. The Morgan fingerprint density at radius 2 is 1.90 bits per heavy atom. The first-order chi connectivity index (χ1) is 9.38. The van der Waals surface area contributed by atoms with Gasteiger partial charge in [-0.25, -0.2) is 4.39 Å². The van der Waals surface area contributed by atoms with Crippen molar-refractivity contribution in [3.63, 3.8) is 0 Å². The summed E-state index contributed by atoms with van der Waals surface area (Å²) >= 11 is 5.09. The van der Waals surface area contributed by atoms with E-state index in [-0.39, 0.29) is 10.8 Å². The van der Waals surface area contributed by atoms with Crippen molar-refractivity contribution in [1.82, 2.24) is 4.98 Å². The second kappa shape index (κ2) is 5.54. The van der Waals surface area contributed by atoms with Crippen molar-refractivity contribution in [1.29, 1.82) is 0 Å². The van der Waals surface area contributed by atoms with E-state index in [9.17, 15) is 4.39 Å². The highest BCUT2D eigenvalue weighted by molar-refractivity contribution is 7.80. The summed E-state index contributed by atoms with van der Waals surface area (Å²) in [5.74, 6) is -0.260. The molecule has 1 heterocycles. The van der Waals surface area contributed by atoms with E-state index in [0.29, 0.717) is 5.56 Å². The number of aromatic nitrogens is 1. The smallest absolute Gasteiger partial charge is 0.123 e. The molecule has 0 amide bonds. The molecule has 0 saturated carbocycles. The largest absolute Gasteiger partial charge is 0.389 e. The lowest BCUT2D eigenvalue weighted by atomic mass is 10.1. The van der Waals surface area contributed by atoms with Crippen molar-refractivity contribution < 1.29 is 4.39 Å². The summed E-state index contributed by atoms with van der Waals surface area (Å²) in [6.07, 6.45) is 0. The number of anilines is 2. The van der Waals surface area contributed by atoms with Gasteiger partial charge in [0.25, 0.3) is 0 Å². The Morgan fingerprint density at radius 1 is 1.20 bits per heavy atom. The lowest BCUT2D eigenvalue weighted by Crippen LogP contribution is -2.15. The third-order valence-corrected chi connectivity index (χ3v) is 3.24. The van der Waals surface area contributed by atoms with Crippen LogP contribution in [0.15, 0.2) is 24.3 Å². The minimum atomic E-state index is -0.260. The summed E-state index contributed by atoms with van der Waals surface area (Å²) in [4.78, 5) is 4.66. The Labute approximate surface area is 123 Å². The first kappa shape index (κ1) is 14.4. The molecule has 2 rings (SSSR count). The van der Waals surface area contributed by atoms with Crippen LogP contribution in [0.3, 0.4) is 0 Å². The Morgan fingerprint density at radius 3 is 2.50 bits per heavy atom. The first-order valence-electron chi connectivity index (χ1n) is 6.19. The molecule has 0 saturated heterocycles. The Hall–Kier alpha value is -2.01. The zero-order valence-electron chi connectivity index (χ0n) is 11.6. The topological polar surface area (TPSA) is 50.9 Å². The summed E-state index contributed by atoms with van der Waals surface area (Å²) in [5.41, 5.74) is 10.5. The fourth-order valence-electron chi connectivity index (χ4n) is 2.15. The maximum atomic E-state index is 13.1. The fraction of sp³-hybridized carbons (Fsp3) is 0.200. The molecule has 3 N–H and O–H groups in total. The van der Waals surface area contributed by atoms with Gasteiger partial charge in [0.2, 0.25) is 0 Å². The number of rotatable bonds is 3. The van der Waals surface area contributed by atoms with Crippen molar-refractivity contribution in [2.24, 2.45) is 5.73 Å². The molecule has 0 aliphatic heterocycles. The highest BCUT2D eigenvalue weighted by atomic mass is 32.1. The van der Waals surface area contributed by atoms with Crippen LogP contribution in [0.5, 0.6) is 0 Å². The molecule has 104 valence electrons. The number of nitrogens with zero attached hydrogens (tertiary/aromatic N) is 1. The number of nitrogens with two attached hydrogens (primary N) is 1. The lowest BCUT2D eigenvalue weighted by Gasteiger charge is -2.15. The van der Waals surface area contributed by atoms with Crippen LogP contribution >= 0.6 is 12.2 Å². The molecule has 0 unspecified atom stereocenters. The summed E-state index contributed by atoms with van der Waals surface area (Å²) in [7, 11) is 0. The molecule has 0 spiro atoms. The monoisotopic (exact) mass is 289 g/mol. The van der Waals surface area contributed by atoms with Gasteiger partial charge in [-0.3, -0.25) is 4.98 Å². The third-order valence-electron chi connectivity index (χ3n) is 3.03. The number of pyridine rings is 1. The van der Waals surface area contributed by atoms with Crippen LogP contribution in [0, 0.1) is 26.6 Å². The van der Waals surface area contributed by atoms with Crippen LogP contribution in [0.1, 0.15) is 22.5 Å². The summed E-state index contributed by atoms with van der Waals surface area (Å²) in [5, 5.41) is 3.26. The molecular formula is C15H16FN3S. The van der Waals surface area contributed by atoms with Gasteiger partial charge in [-0.15, -0.1) is 0 Å². The number of nitrogens with one attached hydrogen (secondary N) is 1. The van der Waals surface area contributed by atoms with Crippen molar-refractivity contribution >= 4 is 28.6 Å². The second-order valence-electron chi connectivity index (χ2n) is 4.72. The van der Waals surface area contributed by atoms with Gasteiger partial charge in [-0.2, -0.15) is 0 Å². The van der Waals surface area contributed by atoms with E-state index in [1.54, 1.807) is 6.07 Å². The summed E-state index contributed by atoms with van der Waals surface area (Å²) in [6, 6.07) is 6.46. The van der Waals surface area contributed by atoms with Gasteiger partial charge < -0.3 is 11.1 Å². The predicted molar refractivity (Wildman–Crippen MR) is 84.0 cm³/mol. The normalized spacial score (nSPS) is 10.4. The van der Waals surface area contributed by atoms with Gasteiger partial charge in [-0.05, 0) is 50.6 Å². The fourth-order valence-corrected chi connectivity index (χ4v) is 2.41. The Balaban J connectivity index is 2.50. The zero-order valence-corrected chi connectivity index (χ0v) is 12.4. The SMILES string of the molecule is Cc1cc(Nc2ccc(F)cc2C)c(C(N)=S)c(C)n1. The molecule has 0 radical (unpaired) electrons. The standard InChI is InChI=1S/C15H16FN3S/c1-8-6-11(16)4-5-12(8)19-13-7-9(2)18-10(3)14(13)15(17)20/h4-7H,1-3H3,(H2,17,20)(H,18,19). The highest BCUT2D eigenvalue weighted by Gasteiger charge is 2.12. The molecule has 5 heteroatoms. The van der Waals surface area contributed by atoms with Gasteiger partial charge >= 0.3 is 0 Å². The number of aryl methyl sites for hydroxylation is 3. The number of benzene rings is 1. The Bertz CT molecular complexity index is 683. The number of thiocarbonyl (C=S) groups is 1. The molecule has 1 aromatic carbocycles. The van der Waals surface area contributed by atoms with Crippen LogP contribution in [-0.4, -0.2) is 9.97 Å². The van der Waals surface area contributed by atoms with Crippen LogP contribution in [-0.2, 0) is 0 Å². The zero-order chi connectivity index (χ0) is 14.9. The van der Waals surface area contributed by atoms with Gasteiger partial charge in [0, 0.05) is 17.1 Å². The molecule has 0 fully saturated rings. The molecule has 3 nitrogen and oxygen atoms in total. The molecule has 20 heavy (non-hydrogen) atoms. The van der Waals surface area contributed by atoms with Crippen LogP contribution < -0.4 is 11.1 Å². The minimum absolute atomic E-state index is 0.260. The lowest BCUT2D eigenvalue weighted by molar-refractivity contribution is 0.627. The summed E-state index contributed by atoms with van der Waals surface area (Å²) < 4.78 is 13.1.